The number of guanidine groups is 1. The van der Waals surface area contributed by atoms with Crippen molar-refractivity contribution in [3.05, 3.63) is 188 Å². The lowest BCUT2D eigenvalue weighted by Crippen LogP contribution is -2.37. The van der Waals surface area contributed by atoms with Gasteiger partial charge in [-0.3, -0.25) is 19.3 Å². The molecule has 0 aliphatic rings. The lowest BCUT2D eigenvalue weighted by atomic mass is 9.88. The van der Waals surface area contributed by atoms with Gasteiger partial charge in [0.05, 0.1) is 72.9 Å². The molecule has 90 heavy (non-hydrogen) atoms. The highest BCUT2D eigenvalue weighted by Crippen LogP contribution is 2.21. The number of carboxylic acid groups (broad SMARTS) is 1. The molecule has 0 radical (unpaired) electrons. The molecular weight excluding hydrogens is 1180 g/mol. The summed E-state index contributed by atoms with van der Waals surface area (Å²) in [5.74, 6) is -3.73. The summed E-state index contributed by atoms with van der Waals surface area (Å²) in [6.07, 6.45) is 31.7. The van der Waals surface area contributed by atoms with Crippen molar-refractivity contribution in [3.8, 4) is 0 Å². The number of aliphatic imine (C=N–C) groups is 2. The van der Waals surface area contributed by atoms with E-state index in [4.69, 9.17) is 15.0 Å². The number of aromatic nitrogens is 1. The van der Waals surface area contributed by atoms with Gasteiger partial charge in [0.15, 0.2) is 5.78 Å². The monoisotopic (exact) mass is 1280 g/mol. The molecule has 15 N–H and O–H groups in total. The fraction of sp³-hybridized carbons (Fsp3) is 0.478. The van der Waals surface area contributed by atoms with Gasteiger partial charge in [0.1, 0.15) is 12.2 Å². The van der Waals surface area contributed by atoms with Crippen LogP contribution in [-0.2, 0) is 24.2 Å². The van der Waals surface area contributed by atoms with E-state index in [2.05, 4.69) is 15.0 Å². The Morgan fingerprint density at radius 3 is 1.68 bits per heavy atom. The van der Waals surface area contributed by atoms with Crippen LogP contribution in [0.15, 0.2) is 192 Å². The molecule has 22 nitrogen and oxygen atoms in total. The summed E-state index contributed by atoms with van der Waals surface area (Å²) in [5.41, 5.74) is 6.67. The lowest BCUT2D eigenvalue weighted by molar-refractivity contribution is -0.134. The van der Waals surface area contributed by atoms with Gasteiger partial charge in [-0.15, -0.1) is 0 Å². The Kier molecular flexibility index (Phi) is 43.7. The van der Waals surface area contributed by atoms with Gasteiger partial charge in [-0.2, -0.15) is 8.42 Å². The number of nitrogens with two attached hydrogens (primary N) is 1. The highest BCUT2D eigenvalue weighted by molar-refractivity contribution is 7.80. The minimum atomic E-state index is -5.04. The van der Waals surface area contributed by atoms with E-state index >= 15 is 0 Å². The predicted molar refractivity (Wildman–Crippen MR) is 350 cm³/mol. The van der Waals surface area contributed by atoms with E-state index in [0.29, 0.717) is 25.1 Å². The van der Waals surface area contributed by atoms with Crippen molar-refractivity contribution in [2.45, 2.75) is 178 Å². The number of carbonyl (C=O) groups is 2. The number of pyridine rings is 1. The van der Waals surface area contributed by atoms with Gasteiger partial charge in [0, 0.05) is 55.3 Å². The third-order valence-corrected chi connectivity index (χ3v) is 14.0. The van der Waals surface area contributed by atoms with Gasteiger partial charge in [-0.05, 0) is 76.8 Å². The summed E-state index contributed by atoms with van der Waals surface area (Å²) in [6.45, 7) is 6.76. The molecule has 0 saturated heterocycles. The zero-order chi connectivity index (χ0) is 67.3. The van der Waals surface area contributed by atoms with E-state index in [1.165, 1.54) is 74.7 Å². The van der Waals surface area contributed by atoms with E-state index < -0.39 is 114 Å². The van der Waals surface area contributed by atoms with Gasteiger partial charge in [0.25, 0.3) is 0 Å². The van der Waals surface area contributed by atoms with Crippen LogP contribution in [0.5, 0.6) is 0 Å². The minimum Gasteiger partial charge on any atom is -0.478 e. The Bertz CT molecular complexity index is 2770. The molecule has 23 heteroatoms. The van der Waals surface area contributed by atoms with E-state index in [1.807, 2.05) is 37.3 Å². The average molecular weight is 1280 g/mol. The van der Waals surface area contributed by atoms with Crippen molar-refractivity contribution >= 4 is 34.3 Å². The molecule has 0 fully saturated rings. The number of hydrogen-bond acceptors (Lipinski definition) is 18. The molecule has 1 aromatic rings. The van der Waals surface area contributed by atoms with Crippen LogP contribution < -0.4 is 5.73 Å². The van der Waals surface area contributed by atoms with E-state index in [1.54, 1.807) is 98.2 Å². The van der Waals surface area contributed by atoms with E-state index in [0.717, 1.165) is 12.8 Å². The molecule has 1 heterocycles. The summed E-state index contributed by atoms with van der Waals surface area (Å²) in [7, 11) is -5.04. The van der Waals surface area contributed by atoms with E-state index in [-0.39, 0.29) is 62.4 Å². The van der Waals surface area contributed by atoms with E-state index in [9.17, 15) is 78.7 Å². The zero-order valence-electron chi connectivity index (χ0n) is 51.9. The number of nitrogens with zero attached hydrogens (tertiary/aromatic N) is 3. The molecule has 1 rings (SSSR count). The standard InChI is InChI=1S/C67H98N4O18S/c1-48(28-18-14-10-9-11-15-19-29-49(2)66(84)85)64(82)50(3)61(80)38-20-16-12-7-5-6-8-13-17-21-39-63(89-90(86,87)88)51(4)65(83)62(81)46-59(78)36-26-35-57(76)45-60(79)44-56(75)34-25-33-54(73)42-53(72)31-24-32-55(74)43-58(77)37-27-41-70-67(68)71-47-52-30-22-23-40-69-52/h5-9,11-13,15-26,28-31,34,36,38-40,47-48,50-51,53-64,72-82H,10,14,27,32-33,35,37,41-46H2,1-4H3,(H2,68,70)(H,84,85)(H,86,87,88)/b7-5+,8-6+,11-9+,16-12+,17-13+,19-15+,28-18+,31-24+,34-25+,36-26+,38-20+,39-21-,49-29+,71-47+. The second-order valence-electron chi connectivity index (χ2n) is 21.7. The van der Waals surface area contributed by atoms with Crippen LogP contribution in [0.2, 0.25) is 0 Å². The van der Waals surface area contributed by atoms with Gasteiger partial charge < -0.3 is 67.0 Å². The normalized spacial score (nSPS) is 18.9. The van der Waals surface area contributed by atoms with Gasteiger partial charge in [-0.1, -0.05) is 179 Å². The number of rotatable bonds is 46. The fourth-order valence-corrected chi connectivity index (χ4v) is 8.84. The summed E-state index contributed by atoms with van der Waals surface area (Å²) in [5, 5.41) is 124. The molecule has 15 atom stereocenters. The van der Waals surface area contributed by atoms with Crippen molar-refractivity contribution in [2.75, 3.05) is 6.54 Å². The number of carboxylic acids is 1. The molecular formula is C67H98N4O18S. The first-order chi connectivity index (χ1) is 42.7. The maximum absolute atomic E-state index is 13.1. The number of aliphatic hydroxyl groups is 11. The van der Waals surface area contributed by atoms with Crippen molar-refractivity contribution in [1.82, 2.24) is 4.98 Å². The van der Waals surface area contributed by atoms with Crippen molar-refractivity contribution in [2.24, 2.45) is 33.5 Å². The van der Waals surface area contributed by atoms with Gasteiger partial charge >= 0.3 is 16.4 Å². The average Bonchev–Trinajstić information content (AvgIpc) is 1.56. The number of ketones is 1. The smallest absolute Gasteiger partial charge is 0.397 e. The summed E-state index contributed by atoms with van der Waals surface area (Å²) < 4.78 is 37.4. The molecule has 0 aliphatic carbocycles. The number of aliphatic hydroxyl groups excluding tert-OH is 11. The van der Waals surface area contributed by atoms with Gasteiger partial charge in [0.2, 0.25) is 5.96 Å². The van der Waals surface area contributed by atoms with Crippen molar-refractivity contribution in [1.29, 1.82) is 0 Å². The molecule has 0 spiro atoms. The third-order valence-electron chi connectivity index (χ3n) is 13.6. The van der Waals surface area contributed by atoms with Crippen LogP contribution in [0.25, 0.3) is 0 Å². The number of hydrogen-bond donors (Lipinski definition) is 14. The number of Topliss-reactive ketones (excluding diaryl/α,β-unsaturated/α-hetero) is 1. The number of aliphatic carboxylic acids is 1. The number of carbonyl (C=O) groups excluding carboxylic acids is 1. The largest absolute Gasteiger partial charge is 0.478 e. The van der Waals surface area contributed by atoms with Crippen LogP contribution in [0, 0.1) is 17.8 Å². The first-order valence-electron chi connectivity index (χ1n) is 30.0. The second-order valence-corrected chi connectivity index (χ2v) is 22.8. The molecule has 0 aromatic carbocycles. The predicted octanol–water partition coefficient (Wildman–Crippen LogP) is 5.84. The number of allylic oxidation sites excluding steroid dienone is 16. The molecule has 0 amide bonds. The second kappa shape index (κ2) is 48.3. The fourth-order valence-electron chi connectivity index (χ4n) is 8.33. The summed E-state index contributed by atoms with van der Waals surface area (Å²) in [6, 6.07) is 5.37. The maximum atomic E-state index is 13.1. The molecule has 0 aliphatic heterocycles. The first kappa shape index (κ1) is 81.5. The van der Waals surface area contributed by atoms with Gasteiger partial charge in [-0.25, -0.2) is 14.0 Å². The molecule has 1 aromatic heterocycles. The zero-order valence-corrected chi connectivity index (χ0v) is 52.7. The van der Waals surface area contributed by atoms with Crippen molar-refractivity contribution in [3.63, 3.8) is 0 Å². The molecule has 500 valence electrons. The molecule has 15 unspecified atom stereocenters. The maximum Gasteiger partial charge on any atom is 0.397 e. The third kappa shape index (κ3) is 42.5. The summed E-state index contributed by atoms with van der Waals surface area (Å²) >= 11 is 0. The van der Waals surface area contributed by atoms with Crippen LogP contribution in [0.4, 0.5) is 0 Å². The van der Waals surface area contributed by atoms with Crippen LogP contribution in [-0.4, -0.2) is 183 Å². The Balaban J connectivity index is 2.48. The lowest BCUT2D eigenvalue weighted by Gasteiger charge is -2.25. The quantitative estimate of drug-likeness (QED) is 0.00693. The Morgan fingerprint density at radius 1 is 0.611 bits per heavy atom. The SMILES string of the molecule is C\C(=C/C=C/C=C/CC/C=C/C(C)C(O)C(C)C(O)/C=C/C=C/C=C/C=C/C=C/C=C\C(OS(=O)(=O)O)C(C)C(=O)C(O)CC(O)/C=C/CC(O)CC(O)CC(O)/C=C/CC(O)CC(O)/C=C/CC(O)CC(O)CCCN=C(N)/N=C/c1ccccn1)C(=O)O. The minimum absolute atomic E-state index is 0.0357. The number of unbranched alkanes of at least 4 members (excludes halogenated alkanes) is 1. The van der Waals surface area contributed by atoms with Crippen molar-refractivity contribution < 1.29 is 88.0 Å². The van der Waals surface area contributed by atoms with Crippen LogP contribution >= 0.6 is 0 Å². The Hall–Kier alpha value is -6.52. The van der Waals surface area contributed by atoms with Crippen LogP contribution in [0.1, 0.15) is 110 Å². The molecule has 0 bridgehead atoms. The highest BCUT2D eigenvalue weighted by Gasteiger charge is 2.32. The first-order valence-corrected chi connectivity index (χ1v) is 31.4. The Morgan fingerprint density at radius 2 is 1.12 bits per heavy atom. The summed E-state index contributed by atoms with van der Waals surface area (Å²) in [4.78, 5) is 36.2. The topological polar surface area (TPSA) is 404 Å². The molecule has 0 saturated carbocycles. The van der Waals surface area contributed by atoms with Crippen LogP contribution in [0.3, 0.4) is 0 Å². The Labute approximate surface area is 530 Å². The highest BCUT2D eigenvalue weighted by atomic mass is 32.3.